The van der Waals surface area contributed by atoms with Crippen LogP contribution in [0.2, 0.25) is 0 Å². The lowest BCUT2D eigenvalue weighted by molar-refractivity contribution is -0.133. The summed E-state index contributed by atoms with van der Waals surface area (Å²) in [6.07, 6.45) is 0.858. The van der Waals surface area contributed by atoms with Gasteiger partial charge in [-0.25, -0.2) is 0 Å². The lowest BCUT2D eigenvalue weighted by Gasteiger charge is -2.35. The minimum atomic E-state index is -0.322. The number of ether oxygens (including phenoxy) is 2. The van der Waals surface area contributed by atoms with E-state index in [0.29, 0.717) is 30.9 Å². The number of nitrogens with zero attached hydrogens (tertiary/aromatic N) is 2. The summed E-state index contributed by atoms with van der Waals surface area (Å²) < 4.78 is 10.5. The first kappa shape index (κ1) is 18.5. The van der Waals surface area contributed by atoms with Crippen LogP contribution in [0, 0.1) is 0 Å². The summed E-state index contributed by atoms with van der Waals surface area (Å²) in [6.45, 7) is 5.59. The van der Waals surface area contributed by atoms with Crippen LogP contribution in [0.25, 0.3) is 0 Å². The highest BCUT2D eigenvalue weighted by Crippen LogP contribution is 2.28. The number of methoxy groups -OCH3 is 2. The quantitative estimate of drug-likeness (QED) is 0.810. The second-order valence-corrected chi connectivity index (χ2v) is 6.22. The largest absolute Gasteiger partial charge is 0.493 e. The van der Waals surface area contributed by atoms with Gasteiger partial charge in [0.2, 0.25) is 5.91 Å². The van der Waals surface area contributed by atoms with E-state index < -0.39 is 0 Å². The van der Waals surface area contributed by atoms with Crippen LogP contribution in [0.3, 0.4) is 0 Å². The minimum Gasteiger partial charge on any atom is -0.493 e. The molecule has 1 amide bonds. The first-order valence-electron chi connectivity index (χ1n) is 8.42. The summed E-state index contributed by atoms with van der Waals surface area (Å²) in [6, 6.07) is 5.76. The van der Waals surface area contributed by atoms with Crippen LogP contribution >= 0.6 is 0 Å². The van der Waals surface area contributed by atoms with Gasteiger partial charge in [0.1, 0.15) is 0 Å². The van der Waals surface area contributed by atoms with E-state index in [1.165, 1.54) is 0 Å². The molecule has 1 N–H and O–H groups in total. The molecule has 1 saturated heterocycles. The van der Waals surface area contributed by atoms with Gasteiger partial charge in [0, 0.05) is 39.1 Å². The van der Waals surface area contributed by atoms with Crippen LogP contribution in [-0.4, -0.2) is 73.9 Å². The Morgan fingerprint density at radius 1 is 1.17 bits per heavy atom. The average Bonchev–Trinajstić information content (AvgIpc) is 2.59. The smallest absolute Gasteiger partial charge is 0.222 e. The molecule has 6 nitrogen and oxygen atoms in total. The number of benzene rings is 1. The zero-order valence-corrected chi connectivity index (χ0v) is 14.8. The van der Waals surface area contributed by atoms with E-state index in [4.69, 9.17) is 9.47 Å². The number of hydrogen-bond acceptors (Lipinski definition) is 5. The second-order valence-electron chi connectivity index (χ2n) is 6.22. The molecule has 1 atom stereocenters. The maximum Gasteiger partial charge on any atom is 0.222 e. The van der Waals surface area contributed by atoms with Gasteiger partial charge < -0.3 is 19.5 Å². The van der Waals surface area contributed by atoms with Crippen molar-refractivity contribution in [2.24, 2.45) is 0 Å². The molecule has 24 heavy (non-hydrogen) atoms. The molecule has 0 radical (unpaired) electrons. The molecule has 0 aliphatic carbocycles. The van der Waals surface area contributed by atoms with Gasteiger partial charge in [-0.3, -0.25) is 9.69 Å². The summed E-state index contributed by atoms with van der Waals surface area (Å²) in [4.78, 5) is 16.5. The summed E-state index contributed by atoms with van der Waals surface area (Å²) in [5.74, 6) is 1.57. The molecule has 0 bridgehead atoms. The minimum absolute atomic E-state index is 0.182. The van der Waals surface area contributed by atoms with Crippen molar-refractivity contribution < 1.29 is 19.4 Å². The van der Waals surface area contributed by atoms with Crippen molar-refractivity contribution in [3.05, 3.63) is 23.8 Å². The van der Waals surface area contributed by atoms with Gasteiger partial charge in [0.05, 0.1) is 20.3 Å². The van der Waals surface area contributed by atoms with Crippen LogP contribution in [-0.2, 0) is 11.2 Å². The standard InChI is InChI=1S/C18H28N2O4/c1-14(21)13-19-8-10-20(11-9-19)18(22)7-5-15-4-6-16(23-2)17(12-15)24-3/h4,6,12,14,21H,5,7-11,13H2,1-3H3. The van der Waals surface area contributed by atoms with Gasteiger partial charge in [0.25, 0.3) is 0 Å². The van der Waals surface area contributed by atoms with Crippen molar-refractivity contribution in [1.29, 1.82) is 0 Å². The molecule has 1 aromatic carbocycles. The number of hydrogen-bond donors (Lipinski definition) is 1. The highest BCUT2D eigenvalue weighted by Gasteiger charge is 2.21. The van der Waals surface area contributed by atoms with E-state index in [2.05, 4.69) is 4.90 Å². The highest BCUT2D eigenvalue weighted by molar-refractivity contribution is 5.76. The zero-order valence-electron chi connectivity index (χ0n) is 14.8. The number of aliphatic hydroxyl groups is 1. The molecule has 1 aliphatic heterocycles. The number of β-amino-alcohol motifs (C(OH)–C–C–N with tert-alkyl or cyclic N) is 1. The topological polar surface area (TPSA) is 62.2 Å². The SMILES string of the molecule is COc1ccc(CCC(=O)N2CCN(CC(C)O)CC2)cc1OC. The van der Waals surface area contributed by atoms with Crippen molar-refractivity contribution in [2.75, 3.05) is 46.9 Å². The van der Waals surface area contributed by atoms with E-state index >= 15 is 0 Å². The third-order valence-electron chi connectivity index (χ3n) is 4.32. The van der Waals surface area contributed by atoms with Crippen LogP contribution in [0.1, 0.15) is 18.9 Å². The van der Waals surface area contributed by atoms with Crippen molar-refractivity contribution in [2.45, 2.75) is 25.9 Å². The molecule has 1 fully saturated rings. The maximum absolute atomic E-state index is 12.4. The molecule has 0 aromatic heterocycles. The fraction of sp³-hybridized carbons (Fsp3) is 0.611. The Bertz CT molecular complexity index is 540. The molecule has 2 rings (SSSR count). The van der Waals surface area contributed by atoms with Crippen LogP contribution in [0.5, 0.6) is 11.5 Å². The van der Waals surface area contributed by atoms with E-state index in [0.717, 1.165) is 31.7 Å². The number of amides is 1. The van der Waals surface area contributed by atoms with Gasteiger partial charge in [0.15, 0.2) is 11.5 Å². The van der Waals surface area contributed by atoms with E-state index in [9.17, 15) is 9.90 Å². The summed E-state index contributed by atoms with van der Waals surface area (Å²) >= 11 is 0. The number of aliphatic hydroxyl groups excluding tert-OH is 1. The Kier molecular flexibility index (Phi) is 6.87. The predicted octanol–water partition coefficient (Wildman–Crippen LogP) is 1.16. The molecular weight excluding hydrogens is 308 g/mol. The molecule has 1 unspecified atom stereocenters. The maximum atomic E-state index is 12.4. The van der Waals surface area contributed by atoms with Crippen molar-refractivity contribution >= 4 is 5.91 Å². The molecule has 1 aliphatic rings. The van der Waals surface area contributed by atoms with E-state index in [1.807, 2.05) is 23.1 Å². The third-order valence-corrected chi connectivity index (χ3v) is 4.32. The van der Waals surface area contributed by atoms with Gasteiger partial charge in [-0.15, -0.1) is 0 Å². The average molecular weight is 336 g/mol. The number of rotatable bonds is 7. The Labute approximate surface area is 144 Å². The first-order valence-corrected chi connectivity index (χ1v) is 8.42. The van der Waals surface area contributed by atoms with Crippen molar-refractivity contribution in [3.8, 4) is 11.5 Å². The van der Waals surface area contributed by atoms with E-state index in [-0.39, 0.29) is 12.0 Å². The molecular formula is C18H28N2O4. The summed E-state index contributed by atoms with van der Waals surface area (Å²) in [5.41, 5.74) is 1.06. The monoisotopic (exact) mass is 336 g/mol. The zero-order chi connectivity index (χ0) is 17.5. The molecule has 1 heterocycles. The third kappa shape index (κ3) is 5.11. The molecule has 6 heteroatoms. The number of piperazine rings is 1. The second kappa shape index (κ2) is 8.89. The van der Waals surface area contributed by atoms with Gasteiger partial charge in [-0.2, -0.15) is 0 Å². The Balaban J connectivity index is 1.81. The van der Waals surface area contributed by atoms with Gasteiger partial charge >= 0.3 is 0 Å². The fourth-order valence-electron chi connectivity index (χ4n) is 3.00. The number of aryl methyl sites for hydroxylation is 1. The van der Waals surface area contributed by atoms with Gasteiger partial charge in [-0.1, -0.05) is 6.07 Å². The Morgan fingerprint density at radius 3 is 2.42 bits per heavy atom. The lowest BCUT2D eigenvalue weighted by atomic mass is 10.1. The lowest BCUT2D eigenvalue weighted by Crippen LogP contribution is -2.50. The van der Waals surface area contributed by atoms with Crippen molar-refractivity contribution in [1.82, 2.24) is 9.80 Å². The van der Waals surface area contributed by atoms with Crippen molar-refractivity contribution in [3.63, 3.8) is 0 Å². The number of carbonyl (C=O) groups excluding carboxylic acids is 1. The normalized spacial score (nSPS) is 16.8. The Morgan fingerprint density at radius 2 is 1.83 bits per heavy atom. The molecule has 0 saturated carbocycles. The Hall–Kier alpha value is -1.79. The molecule has 134 valence electrons. The predicted molar refractivity (Wildman–Crippen MR) is 92.6 cm³/mol. The summed E-state index contributed by atoms with van der Waals surface area (Å²) in [5, 5.41) is 9.43. The van der Waals surface area contributed by atoms with E-state index in [1.54, 1.807) is 21.1 Å². The van der Waals surface area contributed by atoms with Crippen LogP contribution in [0.4, 0.5) is 0 Å². The number of carbonyl (C=O) groups is 1. The van der Waals surface area contributed by atoms with Crippen LogP contribution < -0.4 is 9.47 Å². The van der Waals surface area contributed by atoms with Gasteiger partial charge in [-0.05, 0) is 31.0 Å². The highest BCUT2D eigenvalue weighted by atomic mass is 16.5. The summed E-state index contributed by atoms with van der Waals surface area (Å²) in [7, 11) is 3.22. The molecule has 1 aromatic rings. The fourth-order valence-corrected chi connectivity index (χ4v) is 3.00. The van der Waals surface area contributed by atoms with Crippen LogP contribution in [0.15, 0.2) is 18.2 Å². The molecule has 0 spiro atoms. The first-order chi connectivity index (χ1) is 11.5.